The Labute approximate surface area is 124 Å². The summed E-state index contributed by atoms with van der Waals surface area (Å²) in [6.45, 7) is 2.64. The number of ether oxygens (including phenoxy) is 1. The van der Waals surface area contributed by atoms with E-state index in [1.807, 2.05) is 49.4 Å². The highest BCUT2D eigenvalue weighted by Crippen LogP contribution is 2.24. The Morgan fingerprint density at radius 1 is 1.05 bits per heavy atom. The Kier molecular flexibility index (Phi) is 3.84. The van der Waals surface area contributed by atoms with Crippen LogP contribution in [0.25, 0.3) is 10.9 Å². The molecule has 21 heavy (non-hydrogen) atoms. The summed E-state index contributed by atoms with van der Waals surface area (Å²) in [7, 11) is 0. The third-order valence-corrected chi connectivity index (χ3v) is 3.54. The van der Waals surface area contributed by atoms with Gasteiger partial charge in [-0.25, -0.2) is 0 Å². The first-order chi connectivity index (χ1) is 10.3. The van der Waals surface area contributed by atoms with Gasteiger partial charge < -0.3 is 10.5 Å². The number of nitrogens with two attached hydrogens (primary N) is 1. The Morgan fingerprint density at radius 2 is 1.81 bits per heavy atom. The molecule has 2 N–H and O–H groups in total. The Balaban J connectivity index is 1.90. The molecule has 0 aliphatic heterocycles. The minimum absolute atomic E-state index is 0.148. The Bertz CT molecular complexity index is 738. The maximum absolute atomic E-state index is 6.37. The minimum atomic E-state index is -0.148. The lowest BCUT2D eigenvalue weighted by Gasteiger charge is -2.14. The second-order valence-corrected chi connectivity index (χ2v) is 4.94. The summed E-state index contributed by atoms with van der Waals surface area (Å²) >= 11 is 0. The Morgan fingerprint density at radius 3 is 2.57 bits per heavy atom. The number of rotatable bonds is 4. The predicted molar refractivity (Wildman–Crippen MR) is 85.4 cm³/mol. The fraction of sp³-hybridized carbons (Fsp3) is 0.167. The summed E-state index contributed by atoms with van der Waals surface area (Å²) < 4.78 is 5.45. The van der Waals surface area contributed by atoms with Crippen LogP contribution in [-0.2, 0) is 0 Å². The zero-order valence-corrected chi connectivity index (χ0v) is 12.0. The molecule has 2 aromatic carbocycles. The summed E-state index contributed by atoms with van der Waals surface area (Å²) in [6.07, 6.45) is 1.80. The van der Waals surface area contributed by atoms with E-state index in [9.17, 15) is 0 Å². The van der Waals surface area contributed by atoms with Crippen LogP contribution in [0.4, 0.5) is 0 Å². The maximum Gasteiger partial charge on any atom is 0.119 e. The summed E-state index contributed by atoms with van der Waals surface area (Å²) in [5.41, 5.74) is 9.51. The molecule has 1 unspecified atom stereocenters. The molecule has 0 aliphatic carbocycles. The van der Waals surface area contributed by atoms with Crippen LogP contribution in [0, 0.1) is 0 Å². The van der Waals surface area contributed by atoms with Crippen molar-refractivity contribution in [2.75, 3.05) is 6.61 Å². The van der Waals surface area contributed by atoms with Gasteiger partial charge in [-0.2, -0.15) is 0 Å². The first-order valence-corrected chi connectivity index (χ1v) is 7.11. The van der Waals surface area contributed by atoms with Crippen molar-refractivity contribution in [3.05, 3.63) is 71.9 Å². The van der Waals surface area contributed by atoms with E-state index in [4.69, 9.17) is 10.5 Å². The lowest BCUT2D eigenvalue weighted by molar-refractivity contribution is 0.340. The SMILES string of the molecule is CCOc1ccc(C(N)c2ccc3ncccc3c2)cc1. The van der Waals surface area contributed by atoms with Crippen molar-refractivity contribution in [2.24, 2.45) is 5.73 Å². The molecule has 0 radical (unpaired) electrons. The molecule has 1 heterocycles. The van der Waals surface area contributed by atoms with Crippen molar-refractivity contribution in [2.45, 2.75) is 13.0 Å². The summed E-state index contributed by atoms with van der Waals surface area (Å²) in [5.74, 6) is 0.871. The minimum Gasteiger partial charge on any atom is -0.494 e. The molecule has 1 atom stereocenters. The van der Waals surface area contributed by atoms with Crippen molar-refractivity contribution in [3.63, 3.8) is 0 Å². The normalized spacial score (nSPS) is 12.3. The quantitative estimate of drug-likeness (QED) is 0.792. The van der Waals surface area contributed by atoms with Gasteiger partial charge in [0, 0.05) is 11.6 Å². The van der Waals surface area contributed by atoms with E-state index in [1.54, 1.807) is 6.20 Å². The van der Waals surface area contributed by atoms with Gasteiger partial charge in [0.2, 0.25) is 0 Å². The second kappa shape index (κ2) is 5.94. The Hall–Kier alpha value is -2.39. The monoisotopic (exact) mass is 278 g/mol. The number of pyridine rings is 1. The molecule has 0 fully saturated rings. The molecule has 3 rings (SSSR count). The average Bonchev–Trinajstić information content (AvgIpc) is 2.55. The average molecular weight is 278 g/mol. The number of benzene rings is 2. The van der Waals surface area contributed by atoms with Crippen LogP contribution < -0.4 is 10.5 Å². The van der Waals surface area contributed by atoms with Crippen molar-refractivity contribution in [1.82, 2.24) is 4.98 Å². The largest absolute Gasteiger partial charge is 0.494 e. The molecule has 0 spiro atoms. The third kappa shape index (κ3) is 2.88. The zero-order valence-electron chi connectivity index (χ0n) is 12.0. The van der Waals surface area contributed by atoms with Gasteiger partial charge in [-0.05, 0) is 48.4 Å². The highest BCUT2D eigenvalue weighted by atomic mass is 16.5. The molecule has 0 saturated carbocycles. The van der Waals surface area contributed by atoms with Gasteiger partial charge in [-0.15, -0.1) is 0 Å². The molecular weight excluding hydrogens is 260 g/mol. The first-order valence-electron chi connectivity index (χ1n) is 7.11. The summed E-state index contributed by atoms with van der Waals surface area (Å²) in [5, 5.41) is 1.11. The molecule has 3 nitrogen and oxygen atoms in total. The number of hydrogen-bond donors (Lipinski definition) is 1. The van der Waals surface area contributed by atoms with Crippen LogP contribution >= 0.6 is 0 Å². The molecule has 106 valence electrons. The fourth-order valence-corrected chi connectivity index (χ4v) is 2.42. The van der Waals surface area contributed by atoms with Crippen LogP contribution in [0.1, 0.15) is 24.1 Å². The number of fused-ring (bicyclic) bond motifs is 1. The maximum atomic E-state index is 6.37. The van der Waals surface area contributed by atoms with E-state index in [0.29, 0.717) is 6.61 Å². The fourth-order valence-electron chi connectivity index (χ4n) is 2.42. The number of hydrogen-bond acceptors (Lipinski definition) is 3. The van der Waals surface area contributed by atoms with Gasteiger partial charge in [0.05, 0.1) is 18.2 Å². The number of aromatic nitrogens is 1. The highest BCUT2D eigenvalue weighted by Gasteiger charge is 2.09. The van der Waals surface area contributed by atoms with Crippen molar-refractivity contribution in [3.8, 4) is 5.75 Å². The smallest absolute Gasteiger partial charge is 0.119 e. The van der Waals surface area contributed by atoms with E-state index in [-0.39, 0.29) is 6.04 Å². The predicted octanol–water partition coefficient (Wildman–Crippen LogP) is 3.68. The van der Waals surface area contributed by atoms with E-state index < -0.39 is 0 Å². The molecular formula is C18H18N2O. The van der Waals surface area contributed by atoms with E-state index in [1.165, 1.54) is 0 Å². The van der Waals surface area contributed by atoms with Crippen molar-refractivity contribution >= 4 is 10.9 Å². The highest BCUT2D eigenvalue weighted by molar-refractivity contribution is 5.79. The van der Waals surface area contributed by atoms with Crippen molar-refractivity contribution < 1.29 is 4.74 Å². The van der Waals surface area contributed by atoms with Gasteiger partial charge >= 0.3 is 0 Å². The van der Waals surface area contributed by atoms with Crippen LogP contribution in [0.15, 0.2) is 60.8 Å². The molecule has 0 aliphatic rings. The number of nitrogens with zero attached hydrogens (tertiary/aromatic N) is 1. The molecule has 3 aromatic rings. The lowest BCUT2D eigenvalue weighted by atomic mass is 9.98. The van der Waals surface area contributed by atoms with Gasteiger partial charge in [0.15, 0.2) is 0 Å². The molecule has 0 bridgehead atoms. The second-order valence-electron chi connectivity index (χ2n) is 4.94. The van der Waals surface area contributed by atoms with Crippen LogP contribution in [-0.4, -0.2) is 11.6 Å². The standard InChI is InChI=1S/C18H18N2O/c1-2-21-16-8-5-13(6-9-16)18(19)15-7-10-17-14(12-15)4-3-11-20-17/h3-12,18H,2,19H2,1H3. The zero-order chi connectivity index (χ0) is 14.7. The van der Waals surface area contributed by atoms with Crippen LogP contribution in [0.5, 0.6) is 5.75 Å². The van der Waals surface area contributed by atoms with Gasteiger partial charge in [-0.1, -0.05) is 24.3 Å². The molecule has 3 heteroatoms. The third-order valence-electron chi connectivity index (χ3n) is 3.54. The lowest BCUT2D eigenvalue weighted by Crippen LogP contribution is -2.11. The topological polar surface area (TPSA) is 48.1 Å². The van der Waals surface area contributed by atoms with Gasteiger partial charge in [-0.3, -0.25) is 4.98 Å². The van der Waals surface area contributed by atoms with Gasteiger partial charge in [0.25, 0.3) is 0 Å². The van der Waals surface area contributed by atoms with E-state index in [2.05, 4.69) is 17.1 Å². The van der Waals surface area contributed by atoms with E-state index in [0.717, 1.165) is 27.8 Å². The van der Waals surface area contributed by atoms with Gasteiger partial charge in [0.1, 0.15) is 5.75 Å². The first kappa shape index (κ1) is 13.6. The van der Waals surface area contributed by atoms with Crippen LogP contribution in [0.3, 0.4) is 0 Å². The molecule has 1 aromatic heterocycles. The van der Waals surface area contributed by atoms with E-state index >= 15 is 0 Å². The molecule has 0 amide bonds. The summed E-state index contributed by atoms with van der Waals surface area (Å²) in [6, 6.07) is 17.9. The molecule has 0 saturated heterocycles. The van der Waals surface area contributed by atoms with Crippen molar-refractivity contribution in [1.29, 1.82) is 0 Å². The summed E-state index contributed by atoms with van der Waals surface area (Å²) in [4.78, 5) is 4.33. The van der Waals surface area contributed by atoms with Crippen LogP contribution in [0.2, 0.25) is 0 Å².